The molecular weight excluding hydrogens is 441 g/mol. The first-order valence-electron chi connectivity index (χ1n) is 0. The molecule has 0 heterocycles. The number of rotatable bonds is 0. The monoisotopic (exact) mass is 438 g/mol. The van der Waals surface area contributed by atoms with Crippen molar-refractivity contribution in [2.24, 2.45) is 0 Å². The Morgan fingerprint density at radius 3 is 0.500 bits per heavy atom. The van der Waals surface area contributed by atoms with Crippen LogP contribution in [0.3, 0.4) is 0 Å². The Hall–Kier alpha value is 3.39. The number of hydrogen-bond acceptors (Lipinski definition) is 0. The molecule has 0 rings (SSSR count). The van der Waals surface area contributed by atoms with Crippen molar-refractivity contribution in [3.8, 4) is 0 Å². The van der Waals surface area contributed by atoms with Gasteiger partial charge < -0.3 is 67.9 Å². The van der Waals surface area contributed by atoms with Crippen LogP contribution < -0.4 is 86.8 Å². The summed E-state index contributed by atoms with van der Waals surface area (Å²) in [6.07, 6.45) is 0. The average molecular weight is 441 g/mol. The van der Waals surface area contributed by atoms with E-state index in [-0.39, 0.29) is 113 Å². The van der Waals surface area contributed by atoms with E-state index in [0.29, 0.717) is 0 Å². The molecule has 6 heteroatoms. The Kier molecular flexibility index (Phi) is 383. The number of hydrogen-bond donors (Lipinski definition) is 0. The predicted molar refractivity (Wildman–Crippen MR) is 5.75 cm³/mol. The van der Waals surface area contributed by atoms with Crippen LogP contribution in [0.15, 0.2) is 0 Å². The van der Waals surface area contributed by atoms with Gasteiger partial charge in [-0.05, 0) is 0 Å². The fraction of sp³-hybridized carbons (Fsp3) is 0. The summed E-state index contributed by atoms with van der Waals surface area (Å²) >= 11 is 0. The maximum absolute atomic E-state index is 0. The predicted octanol–water partition coefficient (Wildman–Crippen LogP) is -15.4. The van der Waals surface area contributed by atoms with Crippen molar-refractivity contribution in [2.75, 3.05) is 0 Å². The van der Waals surface area contributed by atoms with Gasteiger partial charge in [-0.15, -0.1) is 0 Å². The van der Waals surface area contributed by atoms with Crippen LogP contribution >= 0.6 is 0 Å². The summed E-state index contributed by atoms with van der Waals surface area (Å²) in [6, 6.07) is 0. The Balaban J connectivity index is 0. The second kappa shape index (κ2) is 39.9. The molecule has 6 heavy (non-hydrogen) atoms. The van der Waals surface area contributed by atoms with Gasteiger partial charge in [0.2, 0.25) is 0 Å². The van der Waals surface area contributed by atoms with Crippen LogP contribution in [0.25, 0.3) is 0 Å². The molecule has 0 amide bonds. The molecular formula is Br4InLi. The second-order valence-electron chi connectivity index (χ2n) is 0. The van der Waals surface area contributed by atoms with Gasteiger partial charge in [0.05, 0.1) is 0 Å². The molecule has 0 saturated heterocycles. The molecule has 0 aromatic carbocycles. The second-order valence-corrected chi connectivity index (χ2v) is 0. The van der Waals surface area contributed by atoms with E-state index in [4.69, 9.17) is 0 Å². The molecule has 0 unspecified atom stereocenters. The van der Waals surface area contributed by atoms with Crippen molar-refractivity contribution in [3.63, 3.8) is 0 Å². The van der Waals surface area contributed by atoms with E-state index in [1.807, 2.05) is 0 Å². The molecule has 0 aliphatic carbocycles. The Morgan fingerprint density at radius 2 is 0.500 bits per heavy atom. The zero-order valence-electron chi connectivity index (χ0n) is 3.09. The van der Waals surface area contributed by atoms with Gasteiger partial charge in [-0.3, -0.25) is 0 Å². The van der Waals surface area contributed by atoms with Gasteiger partial charge in [-0.25, -0.2) is 0 Å². The third-order valence-electron chi connectivity index (χ3n) is 0. The molecule has 0 atom stereocenters. The van der Waals surface area contributed by atoms with Crippen molar-refractivity contribution >= 4 is 25.8 Å². The van der Waals surface area contributed by atoms with E-state index in [1.165, 1.54) is 0 Å². The fourth-order valence-electron chi connectivity index (χ4n) is 0. The normalized spacial score (nSPS) is 0. The SMILES string of the molecule is [Br-].[Br-].[Br-].[Br-].[In+3].[Li+]. The third-order valence-corrected chi connectivity index (χ3v) is 0. The van der Waals surface area contributed by atoms with Gasteiger partial charge in [-0.2, -0.15) is 0 Å². The molecule has 0 aliphatic heterocycles. The van der Waals surface area contributed by atoms with Crippen LogP contribution in [0.1, 0.15) is 0 Å². The fourth-order valence-corrected chi connectivity index (χ4v) is 0. The van der Waals surface area contributed by atoms with Gasteiger partial charge in [0, 0.05) is 0 Å². The third kappa shape index (κ3) is 26.3. The molecule has 0 N–H and O–H groups in total. The first-order valence-corrected chi connectivity index (χ1v) is 0. The number of halogens is 4. The summed E-state index contributed by atoms with van der Waals surface area (Å²) in [5, 5.41) is 0. The standard InChI is InChI=1S/4BrH.In.Li/h4*1H;;/q;;;;+3;+1/p-4. The molecule has 32 valence electrons. The zero-order valence-corrected chi connectivity index (χ0v) is 12.7. The molecule has 0 radical (unpaired) electrons. The minimum absolute atomic E-state index is 0. The van der Waals surface area contributed by atoms with Crippen LogP contribution in [0.5, 0.6) is 0 Å². The Bertz CT molecular complexity index is 7.51. The van der Waals surface area contributed by atoms with Crippen LogP contribution in [-0.4, -0.2) is 25.8 Å². The zero-order chi connectivity index (χ0) is 0. The molecule has 0 aromatic heterocycles. The topological polar surface area (TPSA) is 0 Å². The Morgan fingerprint density at radius 1 is 0.500 bits per heavy atom. The van der Waals surface area contributed by atoms with Crippen LogP contribution in [0, 0.1) is 0 Å². The molecule has 0 aliphatic rings. The van der Waals surface area contributed by atoms with Crippen LogP contribution in [-0.2, 0) is 0 Å². The van der Waals surface area contributed by atoms with E-state index in [2.05, 4.69) is 0 Å². The van der Waals surface area contributed by atoms with Crippen molar-refractivity contribution in [3.05, 3.63) is 0 Å². The van der Waals surface area contributed by atoms with E-state index in [9.17, 15) is 0 Å². The smallest absolute Gasteiger partial charge is 1.00 e. The first-order chi connectivity index (χ1) is 0. The van der Waals surface area contributed by atoms with E-state index < -0.39 is 0 Å². The van der Waals surface area contributed by atoms with Crippen molar-refractivity contribution in [1.82, 2.24) is 0 Å². The largest absolute Gasteiger partial charge is 3.00 e. The van der Waals surface area contributed by atoms with Crippen molar-refractivity contribution in [1.29, 1.82) is 0 Å². The molecule has 0 fully saturated rings. The minimum Gasteiger partial charge on any atom is -1.00 e. The van der Waals surface area contributed by atoms with Crippen molar-refractivity contribution < 1.29 is 86.8 Å². The minimum atomic E-state index is 0. The maximum atomic E-state index is 0. The van der Waals surface area contributed by atoms with Gasteiger partial charge in [-0.1, -0.05) is 0 Å². The Labute approximate surface area is 111 Å². The molecule has 0 bridgehead atoms. The van der Waals surface area contributed by atoms with Gasteiger partial charge in [0.25, 0.3) is 0 Å². The van der Waals surface area contributed by atoms with E-state index in [1.54, 1.807) is 0 Å². The first kappa shape index (κ1) is 57.6. The van der Waals surface area contributed by atoms with Gasteiger partial charge >= 0.3 is 44.7 Å². The summed E-state index contributed by atoms with van der Waals surface area (Å²) in [6.45, 7) is 0. The van der Waals surface area contributed by atoms with E-state index in [0.717, 1.165) is 0 Å². The van der Waals surface area contributed by atoms with E-state index >= 15 is 0 Å². The van der Waals surface area contributed by atoms with Crippen LogP contribution in [0.2, 0.25) is 0 Å². The summed E-state index contributed by atoms with van der Waals surface area (Å²) in [5.74, 6) is 0. The molecule has 0 spiro atoms. The maximum Gasteiger partial charge on any atom is 3.00 e. The quantitative estimate of drug-likeness (QED) is 0.328. The van der Waals surface area contributed by atoms with Crippen LogP contribution in [0.4, 0.5) is 0 Å². The molecule has 0 nitrogen and oxygen atoms in total. The summed E-state index contributed by atoms with van der Waals surface area (Å²) in [7, 11) is 0. The average Bonchev–Trinajstić information content (AvgIpc) is 0. The van der Waals surface area contributed by atoms with Gasteiger partial charge in [0.15, 0.2) is 0 Å². The summed E-state index contributed by atoms with van der Waals surface area (Å²) in [5.41, 5.74) is 0. The summed E-state index contributed by atoms with van der Waals surface area (Å²) in [4.78, 5) is 0. The van der Waals surface area contributed by atoms with Gasteiger partial charge in [0.1, 0.15) is 0 Å². The molecule has 0 saturated carbocycles. The molecule has 0 aromatic rings. The summed E-state index contributed by atoms with van der Waals surface area (Å²) < 4.78 is 0. The van der Waals surface area contributed by atoms with Crippen molar-refractivity contribution in [2.45, 2.75) is 0 Å².